The maximum absolute atomic E-state index is 13.2. The lowest BCUT2D eigenvalue weighted by Crippen LogP contribution is -2.56. The maximum Gasteiger partial charge on any atom is 0.320 e. The van der Waals surface area contributed by atoms with Crippen LogP contribution in [-0.2, 0) is 14.8 Å². The number of piperidine rings is 2. The molecule has 2 aromatic rings. The molecule has 9 heteroatoms. The SMILES string of the molecule is O=C(C1CCN(S(=O)(=O)c2ccc3ccccc3c2)CC1)N1CCN(C(=O)N2CCCCC2)CC1. The van der Waals surface area contributed by atoms with E-state index in [9.17, 15) is 18.0 Å². The van der Waals surface area contributed by atoms with E-state index >= 15 is 0 Å². The van der Waals surface area contributed by atoms with Crippen molar-refractivity contribution in [1.29, 1.82) is 0 Å². The molecule has 0 bridgehead atoms. The van der Waals surface area contributed by atoms with Crippen LogP contribution in [0.15, 0.2) is 47.4 Å². The van der Waals surface area contributed by atoms with Crippen LogP contribution in [0.25, 0.3) is 10.8 Å². The molecule has 0 aromatic heterocycles. The molecule has 5 rings (SSSR count). The third-order valence-corrected chi connectivity index (χ3v) is 9.54. The molecule has 0 N–H and O–H groups in total. The van der Waals surface area contributed by atoms with Gasteiger partial charge in [-0.15, -0.1) is 0 Å². The van der Waals surface area contributed by atoms with Gasteiger partial charge in [0.15, 0.2) is 0 Å². The third-order valence-electron chi connectivity index (χ3n) is 7.65. The molecule has 8 nitrogen and oxygen atoms in total. The van der Waals surface area contributed by atoms with E-state index in [1.165, 1.54) is 10.7 Å². The highest BCUT2D eigenvalue weighted by molar-refractivity contribution is 7.89. The number of urea groups is 1. The van der Waals surface area contributed by atoms with Crippen molar-refractivity contribution in [2.45, 2.75) is 37.0 Å². The van der Waals surface area contributed by atoms with E-state index in [0.717, 1.165) is 36.7 Å². The number of piperazine rings is 1. The fourth-order valence-electron chi connectivity index (χ4n) is 5.48. The predicted molar refractivity (Wildman–Crippen MR) is 134 cm³/mol. The van der Waals surface area contributed by atoms with Crippen LogP contribution in [0.4, 0.5) is 4.79 Å². The number of carbonyl (C=O) groups excluding carboxylic acids is 2. The van der Waals surface area contributed by atoms with Crippen LogP contribution in [0.5, 0.6) is 0 Å². The zero-order chi connectivity index (χ0) is 24.4. The van der Waals surface area contributed by atoms with Gasteiger partial charge in [0.05, 0.1) is 4.90 Å². The smallest absolute Gasteiger partial charge is 0.320 e. The lowest BCUT2D eigenvalue weighted by Gasteiger charge is -2.40. The molecule has 3 fully saturated rings. The van der Waals surface area contributed by atoms with Gasteiger partial charge in [-0.3, -0.25) is 4.79 Å². The number of benzene rings is 2. The monoisotopic (exact) mass is 498 g/mol. The van der Waals surface area contributed by atoms with Crippen LogP contribution in [-0.4, -0.2) is 91.7 Å². The van der Waals surface area contributed by atoms with Crippen molar-refractivity contribution in [3.63, 3.8) is 0 Å². The van der Waals surface area contributed by atoms with Crippen molar-refractivity contribution >= 4 is 32.7 Å². The Morgan fingerprint density at radius 1 is 0.686 bits per heavy atom. The van der Waals surface area contributed by atoms with Crippen molar-refractivity contribution in [1.82, 2.24) is 19.0 Å². The van der Waals surface area contributed by atoms with E-state index in [2.05, 4.69) is 0 Å². The first-order valence-electron chi connectivity index (χ1n) is 12.7. The van der Waals surface area contributed by atoms with Crippen LogP contribution in [0.2, 0.25) is 0 Å². The van der Waals surface area contributed by atoms with Crippen LogP contribution in [0.1, 0.15) is 32.1 Å². The second kappa shape index (κ2) is 10.1. The maximum atomic E-state index is 13.2. The molecule has 0 atom stereocenters. The summed E-state index contributed by atoms with van der Waals surface area (Å²) in [6, 6.07) is 13.1. The molecular weight excluding hydrogens is 464 g/mol. The van der Waals surface area contributed by atoms with Crippen molar-refractivity contribution < 1.29 is 18.0 Å². The molecule has 0 spiro atoms. The van der Waals surface area contributed by atoms with Crippen molar-refractivity contribution in [3.05, 3.63) is 42.5 Å². The Morgan fingerprint density at radius 3 is 1.97 bits per heavy atom. The topological polar surface area (TPSA) is 81.2 Å². The summed E-state index contributed by atoms with van der Waals surface area (Å²) < 4.78 is 28.0. The first-order valence-corrected chi connectivity index (χ1v) is 14.2. The minimum absolute atomic E-state index is 0.0952. The zero-order valence-corrected chi connectivity index (χ0v) is 21.0. The molecule has 3 aliphatic rings. The first-order chi connectivity index (χ1) is 16.9. The number of hydrogen-bond donors (Lipinski definition) is 0. The Hall–Kier alpha value is -2.65. The van der Waals surface area contributed by atoms with Crippen LogP contribution < -0.4 is 0 Å². The van der Waals surface area contributed by atoms with Crippen LogP contribution >= 0.6 is 0 Å². The standard InChI is InChI=1S/C26H34N4O4S/c31-25(27-16-18-29(19-17-27)26(32)28-12-4-1-5-13-28)22-10-14-30(15-11-22)35(33,34)24-9-8-21-6-2-3-7-23(21)20-24/h2-3,6-9,20,22H,1,4-5,10-19H2. The summed E-state index contributed by atoms with van der Waals surface area (Å²) >= 11 is 0. The Bertz CT molecular complexity index is 1180. The first kappa shape index (κ1) is 24.1. The van der Waals surface area contributed by atoms with Gasteiger partial charge in [0, 0.05) is 58.3 Å². The number of hydrogen-bond acceptors (Lipinski definition) is 4. The molecular formula is C26H34N4O4S. The van der Waals surface area contributed by atoms with Crippen molar-refractivity contribution in [3.8, 4) is 0 Å². The summed E-state index contributed by atoms with van der Waals surface area (Å²) in [4.78, 5) is 31.9. The van der Waals surface area contributed by atoms with Gasteiger partial charge in [-0.25, -0.2) is 13.2 Å². The largest absolute Gasteiger partial charge is 0.339 e. The van der Waals surface area contributed by atoms with E-state index in [1.54, 1.807) is 12.1 Å². The van der Waals surface area contributed by atoms with E-state index in [1.807, 2.05) is 45.0 Å². The zero-order valence-electron chi connectivity index (χ0n) is 20.1. The van der Waals surface area contributed by atoms with Gasteiger partial charge in [-0.2, -0.15) is 4.31 Å². The molecule has 3 aliphatic heterocycles. The van der Waals surface area contributed by atoms with E-state index in [0.29, 0.717) is 57.0 Å². The van der Waals surface area contributed by atoms with Crippen LogP contribution in [0, 0.1) is 5.92 Å². The molecule has 3 amide bonds. The molecule has 3 heterocycles. The Morgan fingerprint density at radius 2 is 1.29 bits per heavy atom. The minimum atomic E-state index is -3.60. The quantitative estimate of drug-likeness (QED) is 0.652. The number of fused-ring (bicyclic) bond motifs is 1. The van der Waals surface area contributed by atoms with E-state index < -0.39 is 10.0 Å². The molecule has 3 saturated heterocycles. The summed E-state index contributed by atoms with van der Waals surface area (Å²) in [5.41, 5.74) is 0. The fourth-order valence-corrected chi connectivity index (χ4v) is 6.99. The number of rotatable bonds is 3. The fraction of sp³-hybridized carbons (Fsp3) is 0.538. The van der Waals surface area contributed by atoms with Crippen molar-refractivity contribution in [2.24, 2.45) is 5.92 Å². The highest BCUT2D eigenvalue weighted by atomic mass is 32.2. The lowest BCUT2D eigenvalue weighted by atomic mass is 9.96. The van der Waals surface area contributed by atoms with Gasteiger partial charge in [-0.05, 0) is 55.0 Å². The van der Waals surface area contributed by atoms with E-state index in [-0.39, 0.29) is 17.9 Å². The Labute approximate surface area is 207 Å². The average Bonchev–Trinajstić information content (AvgIpc) is 2.92. The number of amides is 3. The van der Waals surface area contributed by atoms with Gasteiger partial charge in [0.2, 0.25) is 15.9 Å². The average molecular weight is 499 g/mol. The summed E-state index contributed by atoms with van der Waals surface area (Å²) in [5, 5.41) is 1.91. The molecule has 2 aromatic carbocycles. The Balaban J connectivity index is 1.14. The lowest BCUT2D eigenvalue weighted by molar-refractivity contribution is -0.138. The summed E-state index contributed by atoms with van der Waals surface area (Å²) in [6.07, 6.45) is 4.38. The van der Waals surface area contributed by atoms with Gasteiger partial charge in [-0.1, -0.05) is 30.3 Å². The van der Waals surface area contributed by atoms with Gasteiger partial charge < -0.3 is 14.7 Å². The molecule has 0 radical (unpaired) electrons. The second-order valence-corrected chi connectivity index (χ2v) is 11.8. The van der Waals surface area contributed by atoms with E-state index in [4.69, 9.17) is 0 Å². The summed E-state index contributed by atoms with van der Waals surface area (Å²) in [6.45, 7) is 4.59. The number of nitrogens with zero attached hydrogens (tertiary/aromatic N) is 4. The third kappa shape index (κ3) is 5.02. The highest BCUT2D eigenvalue weighted by Crippen LogP contribution is 2.27. The summed E-state index contributed by atoms with van der Waals surface area (Å²) in [7, 11) is -3.60. The van der Waals surface area contributed by atoms with Gasteiger partial charge in [0.25, 0.3) is 0 Å². The predicted octanol–water partition coefficient (Wildman–Crippen LogP) is 2.99. The molecule has 188 valence electrons. The molecule has 0 unspecified atom stereocenters. The molecule has 0 aliphatic carbocycles. The van der Waals surface area contributed by atoms with Crippen molar-refractivity contribution in [2.75, 3.05) is 52.4 Å². The van der Waals surface area contributed by atoms with Crippen LogP contribution in [0.3, 0.4) is 0 Å². The number of likely N-dealkylation sites (tertiary alicyclic amines) is 1. The normalized spacial score (nSPS) is 20.9. The highest BCUT2D eigenvalue weighted by Gasteiger charge is 2.35. The molecule has 35 heavy (non-hydrogen) atoms. The minimum Gasteiger partial charge on any atom is -0.339 e. The van der Waals surface area contributed by atoms with Gasteiger partial charge >= 0.3 is 6.03 Å². The van der Waals surface area contributed by atoms with Gasteiger partial charge in [0.1, 0.15) is 0 Å². The Kier molecular flexibility index (Phi) is 6.98. The summed E-state index contributed by atoms with van der Waals surface area (Å²) in [5.74, 6) is -0.0692. The number of carbonyl (C=O) groups is 2. The second-order valence-electron chi connectivity index (χ2n) is 9.83. The number of sulfonamides is 1. The molecule has 0 saturated carbocycles.